The van der Waals surface area contributed by atoms with Crippen LogP contribution in [0.2, 0.25) is 5.02 Å². The summed E-state index contributed by atoms with van der Waals surface area (Å²) in [6.45, 7) is 6.72. The molecule has 1 fully saturated rings. The second kappa shape index (κ2) is 5.80. The van der Waals surface area contributed by atoms with Crippen molar-refractivity contribution in [1.29, 1.82) is 0 Å². The van der Waals surface area contributed by atoms with Gasteiger partial charge in [0.15, 0.2) is 0 Å². The van der Waals surface area contributed by atoms with Gasteiger partial charge in [0, 0.05) is 36.9 Å². The van der Waals surface area contributed by atoms with E-state index in [1.807, 2.05) is 18.2 Å². The van der Waals surface area contributed by atoms with Gasteiger partial charge in [-0.1, -0.05) is 17.7 Å². The number of halogens is 1. The van der Waals surface area contributed by atoms with Gasteiger partial charge < -0.3 is 15.5 Å². The van der Waals surface area contributed by atoms with Gasteiger partial charge in [-0.25, -0.2) is 0 Å². The van der Waals surface area contributed by atoms with Gasteiger partial charge in [0.1, 0.15) is 6.04 Å². The number of nitrogens with two attached hydrogens (primary N) is 1. The Morgan fingerprint density at radius 1 is 1.26 bits per heavy atom. The van der Waals surface area contributed by atoms with Crippen molar-refractivity contribution in [2.24, 2.45) is 5.73 Å². The molecule has 5 heteroatoms. The van der Waals surface area contributed by atoms with Crippen LogP contribution < -0.4 is 10.6 Å². The van der Waals surface area contributed by atoms with Crippen LogP contribution in [-0.2, 0) is 4.79 Å². The molecule has 0 atom stereocenters. The zero-order chi connectivity index (χ0) is 14.0. The Labute approximate surface area is 119 Å². The van der Waals surface area contributed by atoms with Crippen LogP contribution in [0.15, 0.2) is 18.2 Å². The average molecular weight is 281 g/mol. The minimum absolute atomic E-state index is 0.0533. The van der Waals surface area contributed by atoms with Crippen LogP contribution in [0.25, 0.3) is 0 Å². The van der Waals surface area contributed by atoms with Crippen molar-refractivity contribution < 1.29 is 4.79 Å². The smallest absolute Gasteiger partial charge is 0.244 e. The monoisotopic (exact) mass is 280 g/mol. The third kappa shape index (κ3) is 3.19. The van der Waals surface area contributed by atoms with Crippen molar-refractivity contribution in [1.82, 2.24) is 4.90 Å². The molecule has 0 spiro atoms. The first-order chi connectivity index (χ1) is 8.99. The van der Waals surface area contributed by atoms with Crippen molar-refractivity contribution in [3.05, 3.63) is 34.8 Å². The standard InChI is InChI=1S/C14H19ClN3O/c1-10-3-4-12(15)9-13(10)17-5-7-18(8-6-17)14(19)11(2)16/h3-4,9H,5-8,16H2,1-2H3. The van der Waals surface area contributed by atoms with Crippen LogP contribution in [0.3, 0.4) is 0 Å². The highest BCUT2D eigenvalue weighted by molar-refractivity contribution is 6.30. The number of carbonyl (C=O) groups is 1. The Balaban J connectivity index is 2.04. The van der Waals surface area contributed by atoms with Crippen LogP contribution >= 0.6 is 11.6 Å². The van der Waals surface area contributed by atoms with Gasteiger partial charge in [-0.3, -0.25) is 4.79 Å². The highest BCUT2D eigenvalue weighted by Gasteiger charge is 2.24. The third-order valence-corrected chi connectivity index (χ3v) is 3.65. The van der Waals surface area contributed by atoms with E-state index in [2.05, 4.69) is 11.8 Å². The Kier molecular flexibility index (Phi) is 4.32. The van der Waals surface area contributed by atoms with Gasteiger partial charge in [0.25, 0.3) is 0 Å². The Morgan fingerprint density at radius 3 is 2.47 bits per heavy atom. The summed E-state index contributed by atoms with van der Waals surface area (Å²) >= 11 is 6.05. The lowest BCUT2D eigenvalue weighted by molar-refractivity contribution is -0.129. The Hall–Kier alpha value is -1.26. The minimum Gasteiger partial charge on any atom is -0.368 e. The number of anilines is 1. The quantitative estimate of drug-likeness (QED) is 0.899. The predicted molar refractivity (Wildman–Crippen MR) is 78.1 cm³/mol. The maximum Gasteiger partial charge on any atom is 0.244 e. The van der Waals surface area contributed by atoms with E-state index in [0.717, 1.165) is 23.8 Å². The zero-order valence-electron chi connectivity index (χ0n) is 11.3. The first-order valence-electron chi connectivity index (χ1n) is 6.38. The summed E-state index contributed by atoms with van der Waals surface area (Å²) in [5.41, 5.74) is 7.90. The van der Waals surface area contributed by atoms with Crippen LogP contribution in [0, 0.1) is 13.0 Å². The summed E-state index contributed by atoms with van der Waals surface area (Å²) in [4.78, 5) is 15.8. The number of nitrogens with zero attached hydrogens (tertiary/aromatic N) is 2. The first-order valence-corrected chi connectivity index (χ1v) is 6.76. The molecule has 103 valence electrons. The SMILES string of the molecule is C[C](N)C(=O)N1CCN(c2cc(Cl)ccc2C)CC1. The lowest BCUT2D eigenvalue weighted by Crippen LogP contribution is -2.50. The maximum atomic E-state index is 11.8. The average Bonchev–Trinajstić information content (AvgIpc) is 2.41. The van der Waals surface area contributed by atoms with E-state index >= 15 is 0 Å². The highest BCUT2D eigenvalue weighted by atomic mass is 35.5. The number of hydrogen-bond acceptors (Lipinski definition) is 3. The molecule has 2 rings (SSSR count). The van der Waals surface area contributed by atoms with Crippen molar-refractivity contribution >= 4 is 23.2 Å². The molecular formula is C14H19ClN3O. The van der Waals surface area contributed by atoms with Crippen molar-refractivity contribution in [2.75, 3.05) is 31.1 Å². The van der Waals surface area contributed by atoms with Gasteiger partial charge in [-0.15, -0.1) is 0 Å². The second-order valence-corrected chi connectivity index (χ2v) is 5.33. The van der Waals surface area contributed by atoms with Gasteiger partial charge in [-0.05, 0) is 31.5 Å². The predicted octanol–water partition coefficient (Wildman–Crippen LogP) is 1.81. The Bertz CT molecular complexity index is 468. The summed E-state index contributed by atoms with van der Waals surface area (Å²) < 4.78 is 0. The van der Waals surface area contributed by atoms with Crippen LogP contribution in [0.1, 0.15) is 12.5 Å². The lowest BCUT2D eigenvalue weighted by Gasteiger charge is -2.37. The number of carbonyl (C=O) groups excluding carboxylic acids is 1. The molecular weight excluding hydrogens is 262 g/mol. The number of amides is 1. The van der Waals surface area contributed by atoms with E-state index in [1.54, 1.807) is 11.8 Å². The molecule has 1 amide bonds. The van der Waals surface area contributed by atoms with Crippen LogP contribution in [0.4, 0.5) is 5.69 Å². The van der Waals surface area contributed by atoms with Gasteiger partial charge >= 0.3 is 0 Å². The number of piperazine rings is 1. The second-order valence-electron chi connectivity index (χ2n) is 4.89. The Morgan fingerprint density at radius 2 is 1.89 bits per heavy atom. The van der Waals surface area contributed by atoms with Gasteiger partial charge in [0.05, 0.1) is 0 Å². The summed E-state index contributed by atoms with van der Waals surface area (Å²) in [6, 6.07) is 6.25. The fraction of sp³-hybridized carbons (Fsp3) is 0.429. The van der Waals surface area contributed by atoms with Crippen molar-refractivity contribution in [3.8, 4) is 0 Å². The fourth-order valence-corrected chi connectivity index (χ4v) is 2.49. The molecule has 1 aliphatic rings. The molecule has 1 aromatic carbocycles. The van der Waals surface area contributed by atoms with E-state index in [1.165, 1.54) is 5.56 Å². The van der Waals surface area contributed by atoms with Gasteiger partial charge in [0.2, 0.25) is 5.91 Å². The number of aryl methyl sites for hydroxylation is 1. The van der Waals surface area contributed by atoms with E-state index in [4.69, 9.17) is 17.3 Å². The molecule has 0 saturated carbocycles. The molecule has 0 unspecified atom stereocenters. The van der Waals surface area contributed by atoms with Crippen molar-refractivity contribution in [3.63, 3.8) is 0 Å². The van der Waals surface area contributed by atoms with E-state index in [-0.39, 0.29) is 5.91 Å². The first kappa shape index (κ1) is 14.2. The van der Waals surface area contributed by atoms with Crippen LogP contribution in [0.5, 0.6) is 0 Å². The molecule has 1 aromatic rings. The normalized spacial score (nSPS) is 16.1. The summed E-state index contributed by atoms with van der Waals surface area (Å²) in [5, 5.41) is 0.741. The highest BCUT2D eigenvalue weighted by Crippen LogP contribution is 2.25. The fourth-order valence-electron chi connectivity index (χ4n) is 2.32. The summed E-state index contributed by atoms with van der Waals surface area (Å²) in [5.74, 6) is -0.0533. The molecule has 1 aliphatic heterocycles. The summed E-state index contributed by atoms with van der Waals surface area (Å²) in [6.07, 6.45) is 0. The molecule has 19 heavy (non-hydrogen) atoms. The lowest BCUT2D eigenvalue weighted by atomic mass is 10.1. The van der Waals surface area contributed by atoms with E-state index in [0.29, 0.717) is 19.1 Å². The number of rotatable bonds is 2. The van der Waals surface area contributed by atoms with Crippen molar-refractivity contribution in [2.45, 2.75) is 13.8 Å². The molecule has 1 saturated heterocycles. The third-order valence-electron chi connectivity index (χ3n) is 3.42. The largest absolute Gasteiger partial charge is 0.368 e. The molecule has 4 nitrogen and oxygen atoms in total. The molecule has 2 N–H and O–H groups in total. The maximum absolute atomic E-state index is 11.8. The molecule has 1 radical (unpaired) electrons. The molecule has 0 bridgehead atoms. The minimum atomic E-state index is -0.0533. The van der Waals surface area contributed by atoms with E-state index < -0.39 is 0 Å². The summed E-state index contributed by atoms with van der Waals surface area (Å²) in [7, 11) is 0. The van der Waals surface area contributed by atoms with Crippen LogP contribution in [-0.4, -0.2) is 37.0 Å². The number of hydrogen-bond donors (Lipinski definition) is 1. The van der Waals surface area contributed by atoms with Gasteiger partial charge in [-0.2, -0.15) is 0 Å². The number of benzene rings is 1. The zero-order valence-corrected chi connectivity index (χ0v) is 12.1. The van der Waals surface area contributed by atoms with E-state index in [9.17, 15) is 4.79 Å². The topological polar surface area (TPSA) is 49.6 Å². The molecule has 1 heterocycles. The molecule has 0 aliphatic carbocycles. The molecule has 0 aromatic heterocycles.